The predicted octanol–water partition coefficient (Wildman–Crippen LogP) is 4.03. The molecule has 1 fully saturated rings. The van der Waals surface area contributed by atoms with Crippen molar-refractivity contribution in [1.29, 1.82) is 0 Å². The minimum atomic E-state index is 0.0420. The Kier molecular flexibility index (Phi) is 6.31. The minimum Gasteiger partial charge on any atom is -0.496 e. The summed E-state index contributed by atoms with van der Waals surface area (Å²) >= 11 is 0. The molecule has 1 aliphatic heterocycles. The van der Waals surface area contributed by atoms with Crippen LogP contribution in [0.25, 0.3) is 6.08 Å². The van der Waals surface area contributed by atoms with Crippen LogP contribution in [-0.2, 0) is 4.79 Å². The largest absolute Gasteiger partial charge is 0.496 e. The molecule has 0 spiro atoms. The van der Waals surface area contributed by atoms with E-state index in [2.05, 4.69) is 0 Å². The molecule has 0 N–H and O–H groups in total. The lowest BCUT2D eigenvalue weighted by atomic mass is 9.99. The Balaban J connectivity index is 1.55. The van der Waals surface area contributed by atoms with Crippen molar-refractivity contribution in [3.8, 4) is 11.5 Å². The van der Waals surface area contributed by atoms with Crippen molar-refractivity contribution in [2.75, 3.05) is 26.8 Å². The van der Waals surface area contributed by atoms with Crippen LogP contribution in [0.5, 0.6) is 11.5 Å². The first kappa shape index (κ1) is 18.1. The van der Waals surface area contributed by atoms with Crippen LogP contribution in [0.3, 0.4) is 0 Å². The molecule has 3 rings (SSSR count). The van der Waals surface area contributed by atoms with Gasteiger partial charge < -0.3 is 14.4 Å². The minimum absolute atomic E-state index is 0.0420. The molecule has 2 aromatic rings. The summed E-state index contributed by atoms with van der Waals surface area (Å²) in [4.78, 5) is 14.5. The van der Waals surface area contributed by atoms with E-state index in [-0.39, 0.29) is 5.91 Å². The number of hydrogen-bond donors (Lipinski definition) is 0. The summed E-state index contributed by atoms with van der Waals surface area (Å²) < 4.78 is 11.2. The molecule has 1 unspecified atom stereocenters. The number of para-hydroxylation sites is 2. The Morgan fingerprint density at radius 2 is 1.92 bits per heavy atom. The summed E-state index contributed by atoms with van der Waals surface area (Å²) in [6.07, 6.45) is 5.56. The SMILES string of the molecule is COc1ccccc1/C=C/C(=O)N1CCCC(COc2ccccc2)C1. The maximum absolute atomic E-state index is 12.5. The molecule has 1 amide bonds. The van der Waals surface area contributed by atoms with Crippen LogP contribution < -0.4 is 9.47 Å². The molecule has 1 saturated heterocycles. The Bertz CT molecular complexity index is 742. The third-order valence-corrected chi connectivity index (χ3v) is 4.60. The van der Waals surface area contributed by atoms with Gasteiger partial charge in [0.2, 0.25) is 5.91 Å². The van der Waals surface area contributed by atoms with Gasteiger partial charge >= 0.3 is 0 Å². The first-order valence-electron chi connectivity index (χ1n) is 9.04. The fourth-order valence-corrected chi connectivity index (χ4v) is 3.20. The molecule has 0 aliphatic carbocycles. The van der Waals surface area contributed by atoms with Gasteiger partial charge in [0.1, 0.15) is 11.5 Å². The Hall–Kier alpha value is -2.75. The fraction of sp³-hybridized carbons (Fsp3) is 0.318. The monoisotopic (exact) mass is 351 g/mol. The molecule has 26 heavy (non-hydrogen) atoms. The molecule has 1 heterocycles. The first-order valence-corrected chi connectivity index (χ1v) is 9.04. The van der Waals surface area contributed by atoms with Gasteiger partial charge in [0.15, 0.2) is 0 Å². The highest BCUT2D eigenvalue weighted by atomic mass is 16.5. The smallest absolute Gasteiger partial charge is 0.246 e. The summed E-state index contributed by atoms with van der Waals surface area (Å²) in [6, 6.07) is 17.5. The second-order valence-electron chi connectivity index (χ2n) is 6.49. The molecule has 0 radical (unpaired) electrons. The number of piperidine rings is 1. The van der Waals surface area contributed by atoms with Gasteiger partial charge in [-0.1, -0.05) is 36.4 Å². The van der Waals surface area contributed by atoms with Crippen molar-refractivity contribution in [3.63, 3.8) is 0 Å². The predicted molar refractivity (Wildman–Crippen MR) is 103 cm³/mol. The average molecular weight is 351 g/mol. The third kappa shape index (κ3) is 4.88. The number of likely N-dealkylation sites (tertiary alicyclic amines) is 1. The molecule has 0 bridgehead atoms. The molecule has 1 aliphatic rings. The van der Waals surface area contributed by atoms with Gasteiger partial charge in [0.25, 0.3) is 0 Å². The van der Waals surface area contributed by atoms with E-state index in [0.29, 0.717) is 12.5 Å². The number of carbonyl (C=O) groups is 1. The Morgan fingerprint density at radius 1 is 1.15 bits per heavy atom. The van der Waals surface area contributed by atoms with E-state index in [1.807, 2.05) is 65.6 Å². The van der Waals surface area contributed by atoms with Crippen molar-refractivity contribution in [3.05, 3.63) is 66.2 Å². The zero-order valence-corrected chi connectivity index (χ0v) is 15.1. The molecular weight excluding hydrogens is 326 g/mol. The van der Waals surface area contributed by atoms with Crippen molar-refractivity contribution in [1.82, 2.24) is 4.90 Å². The summed E-state index contributed by atoms with van der Waals surface area (Å²) in [6.45, 7) is 2.18. The van der Waals surface area contributed by atoms with E-state index in [1.165, 1.54) is 0 Å². The average Bonchev–Trinajstić information content (AvgIpc) is 2.71. The second kappa shape index (κ2) is 9.09. The van der Waals surface area contributed by atoms with Crippen LogP contribution in [0.4, 0.5) is 0 Å². The van der Waals surface area contributed by atoms with E-state index < -0.39 is 0 Å². The van der Waals surface area contributed by atoms with Gasteiger partial charge in [-0.3, -0.25) is 4.79 Å². The van der Waals surface area contributed by atoms with E-state index in [1.54, 1.807) is 13.2 Å². The van der Waals surface area contributed by atoms with E-state index >= 15 is 0 Å². The first-order chi connectivity index (χ1) is 12.8. The lowest BCUT2D eigenvalue weighted by Crippen LogP contribution is -2.40. The number of ether oxygens (including phenoxy) is 2. The normalized spacial score (nSPS) is 17.3. The van der Waals surface area contributed by atoms with Gasteiger partial charge in [-0.25, -0.2) is 0 Å². The van der Waals surface area contributed by atoms with Crippen LogP contribution in [0.15, 0.2) is 60.7 Å². The Labute approximate surface area is 155 Å². The van der Waals surface area contributed by atoms with Gasteiger partial charge in [-0.15, -0.1) is 0 Å². The number of benzene rings is 2. The van der Waals surface area contributed by atoms with Crippen molar-refractivity contribution < 1.29 is 14.3 Å². The highest BCUT2D eigenvalue weighted by Gasteiger charge is 2.23. The van der Waals surface area contributed by atoms with Gasteiger partial charge in [0.05, 0.1) is 13.7 Å². The molecule has 2 aromatic carbocycles. The second-order valence-corrected chi connectivity index (χ2v) is 6.49. The number of hydrogen-bond acceptors (Lipinski definition) is 3. The number of nitrogens with zero attached hydrogens (tertiary/aromatic N) is 1. The van der Waals surface area contributed by atoms with Crippen LogP contribution >= 0.6 is 0 Å². The van der Waals surface area contributed by atoms with Crippen molar-refractivity contribution >= 4 is 12.0 Å². The molecule has 4 nitrogen and oxygen atoms in total. The van der Waals surface area contributed by atoms with E-state index in [0.717, 1.165) is 43.0 Å². The topological polar surface area (TPSA) is 38.8 Å². The van der Waals surface area contributed by atoms with Crippen LogP contribution in [-0.4, -0.2) is 37.6 Å². The van der Waals surface area contributed by atoms with Gasteiger partial charge in [0, 0.05) is 30.6 Å². The van der Waals surface area contributed by atoms with Gasteiger partial charge in [-0.05, 0) is 37.1 Å². The fourth-order valence-electron chi connectivity index (χ4n) is 3.20. The lowest BCUT2D eigenvalue weighted by molar-refractivity contribution is -0.127. The number of carbonyl (C=O) groups excluding carboxylic acids is 1. The zero-order valence-electron chi connectivity index (χ0n) is 15.1. The standard InChI is InChI=1S/C22H25NO3/c1-25-21-12-6-5-9-19(21)13-14-22(24)23-15-7-8-18(16-23)17-26-20-10-3-2-4-11-20/h2-6,9-14,18H,7-8,15-17H2,1H3/b14-13+. The van der Waals surface area contributed by atoms with Gasteiger partial charge in [-0.2, -0.15) is 0 Å². The van der Waals surface area contributed by atoms with Crippen LogP contribution in [0.1, 0.15) is 18.4 Å². The lowest BCUT2D eigenvalue weighted by Gasteiger charge is -2.32. The summed E-state index contributed by atoms with van der Waals surface area (Å²) in [7, 11) is 1.64. The van der Waals surface area contributed by atoms with E-state index in [9.17, 15) is 4.79 Å². The molecule has 0 saturated carbocycles. The highest BCUT2D eigenvalue weighted by Crippen LogP contribution is 2.21. The molecule has 4 heteroatoms. The maximum Gasteiger partial charge on any atom is 0.246 e. The van der Waals surface area contributed by atoms with Crippen molar-refractivity contribution in [2.24, 2.45) is 5.92 Å². The quantitative estimate of drug-likeness (QED) is 0.738. The summed E-state index contributed by atoms with van der Waals surface area (Å²) in [5, 5.41) is 0. The maximum atomic E-state index is 12.5. The number of rotatable bonds is 6. The van der Waals surface area contributed by atoms with Crippen LogP contribution in [0, 0.1) is 5.92 Å². The van der Waals surface area contributed by atoms with Crippen LogP contribution in [0.2, 0.25) is 0 Å². The third-order valence-electron chi connectivity index (χ3n) is 4.60. The highest BCUT2D eigenvalue weighted by molar-refractivity contribution is 5.92. The zero-order chi connectivity index (χ0) is 18.2. The number of methoxy groups -OCH3 is 1. The number of amides is 1. The van der Waals surface area contributed by atoms with E-state index in [4.69, 9.17) is 9.47 Å². The summed E-state index contributed by atoms with van der Waals surface area (Å²) in [5.74, 6) is 2.06. The molecular formula is C22H25NO3. The molecule has 0 aromatic heterocycles. The summed E-state index contributed by atoms with van der Waals surface area (Å²) in [5.41, 5.74) is 0.907. The Morgan fingerprint density at radius 3 is 2.73 bits per heavy atom. The van der Waals surface area contributed by atoms with Crippen molar-refractivity contribution in [2.45, 2.75) is 12.8 Å². The molecule has 1 atom stereocenters. The molecule has 136 valence electrons.